The number of amides is 1. The van der Waals surface area contributed by atoms with Crippen molar-refractivity contribution in [1.82, 2.24) is 9.97 Å². The van der Waals surface area contributed by atoms with Gasteiger partial charge in [-0.1, -0.05) is 6.92 Å². The van der Waals surface area contributed by atoms with E-state index in [1.165, 1.54) is 0 Å². The van der Waals surface area contributed by atoms with Crippen molar-refractivity contribution in [3.63, 3.8) is 0 Å². The number of benzene rings is 1. The number of carbonyl (C=O) groups is 1. The van der Waals surface area contributed by atoms with Crippen molar-refractivity contribution >= 4 is 17.5 Å². The van der Waals surface area contributed by atoms with Crippen LogP contribution in [0.4, 0.5) is 11.6 Å². The van der Waals surface area contributed by atoms with Crippen molar-refractivity contribution in [1.29, 1.82) is 0 Å². The van der Waals surface area contributed by atoms with Crippen LogP contribution in [0.2, 0.25) is 0 Å². The molecule has 0 spiro atoms. The Morgan fingerprint density at radius 3 is 2.73 bits per heavy atom. The van der Waals surface area contributed by atoms with E-state index in [9.17, 15) is 4.79 Å². The molecule has 1 aromatic carbocycles. The number of anilines is 2. The molecule has 0 unspecified atom stereocenters. The number of hydrogen-bond donors (Lipinski definition) is 1. The monoisotopic (exact) mass is 354 g/mol. The maximum atomic E-state index is 12.7. The second kappa shape index (κ2) is 6.82. The molecule has 2 aliphatic heterocycles. The van der Waals surface area contributed by atoms with Gasteiger partial charge in [-0.15, -0.1) is 0 Å². The Labute approximate surface area is 152 Å². The van der Waals surface area contributed by atoms with Crippen molar-refractivity contribution in [2.75, 3.05) is 30.1 Å². The topological polar surface area (TPSA) is 76.6 Å². The minimum Gasteiger partial charge on any atom is -0.454 e. The van der Waals surface area contributed by atoms with Crippen LogP contribution in [-0.2, 0) is 0 Å². The van der Waals surface area contributed by atoms with Crippen LogP contribution in [0.25, 0.3) is 0 Å². The zero-order valence-corrected chi connectivity index (χ0v) is 15.0. The van der Waals surface area contributed by atoms with Crippen molar-refractivity contribution < 1.29 is 14.3 Å². The summed E-state index contributed by atoms with van der Waals surface area (Å²) in [5, 5.41) is 2.87. The molecule has 136 valence electrons. The molecule has 1 aromatic heterocycles. The highest BCUT2D eigenvalue weighted by Gasteiger charge is 2.20. The highest BCUT2D eigenvalue weighted by atomic mass is 16.7. The molecule has 26 heavy (non-hydrogen) atoms. The van der Waals surface area contributed by atoms with E-state index >= 15 is 0 Å². The average molecular weight is 354 g/mol. The van der Waals surface area contributed by atoms with E-state index in [2.05, 4.69) is 27.1 Å². The molecule has 0 radical (unpaired) electrons. The van der Waals surface area contributed by atoms with E-state index in [0.29, 0.717) is 28.8 Å². The summed E-state index contributed by atoms with van der Waals surface area (Å²) in [5.41, 5.74) is 1.79. The molecular formula is C19H22N4O3. The second-order valence-corrected chi connectivity index (χ2v) is 6.89. The van der Waals surface area contributed by atoms with Crippen LogP contribution in [-0.4, -0.2) is 35.8 Å². The summed E-state index contributed by atoms with van der Waals surface area (Å²) in [6.07, 6.45) is 2.24. The Bertz CT molecular complexity index is 832. The van der Waals surface area contributed by atoms with Gasteiger partial charge in [-0.05, 0) is 43.9 Å². The number of ether oxygens (including phenoxy) is 2. The maximum absolute atomic E-state index is 12.7. The van der Waals surface area contributed by atoms with E-state index in [0.717, 1.165) is 37.5 Å². The van der Waals surface area contributed by atoms with Crippen LogP contribution in [0.3, 0.4) is 0 Å². The van der Waals surface area contributed by atoms with Crippen molar-refractivity contribution in [2.45, 2.75) is 26.7 Å². The molecule has 2 aliphatic rings. The predicted octanol–water partition coefficient (Wildman–Crippen LogP) is 3.00. The highest BCUT2D eigenvalue weighted by molar-refractivity contribution is 6.03. The Kier molecular flexibility index (Phi) is 4.36. The average Bonchev–Trinajstić information content (AvgIpc) is 3.09. The summed E-state index contributed by atoms with van der Waals surface area (Å²) in [7, 11) is 0. The van der Waals surface area contributed by atoms with Crippen molar-refractivity contribution in [2.24, 2.45) is 5.92 Å². The van der Waals surface area contributed by atoms with Gasteiger partial charge in [0.2, 0.25) is 12.7 Å². The van der Waals surface area contributed by atoms with E-state index in [1.54, 1.807) is 24.3 Å². The first-order valence-electron chi connectivity index (χ1n) is 8.90. The van der Waals surface area contributed by atoms with Crippen LogP contribution in [0.15, 0.2) is 24.3 Å². The van der Waals surface area contributed by atoms with Crippen LogP contribution < -0.4 is 19.7 Å². The predicted molar refractivity (Wildman–Crippen MR) is 97.9 cm³/mol. The van der Waals surface area contributed by atoms with Crippen LogP contribution in [0.1, 0.15) is 35.9 Å². The molecule has 7 heteroatoms. The fourth-order valence-electron chi connectivity index (χ4n) is 3.19. The molecular weight excluding hydrogens is 332 g/mol. The molecule has 0 bridgehead atoms. The smallest absolute Gasteiger partial charge is 0.274 e. The van der Waals surface area contributed by atoms with Gasteiger partial charge in [0.05, 0.1) is 0 Å². The van der Waals surface area contributed by atoms with Gasteiger partial charge in [0.1, 0.15) is 5.69 Å². The fourth-order valence-corrected chi connectivity index (χ4v) is 3.19. The number of rotatable bonds is 3. The minimum absolute atomic E-state index is 0.204. The molecule has 3 heterocycles. The van der Waals surface area contributed by atoms with E-state index in [-0.39, 0.29) is 12.7 Å². The van der Waals surface area contributed by atoms with Gasteiger partial charge in [-0.2, -0.15) is 0 Å². The summed E-state index contributed by atoms with van der Waals surface area (Å²) >= 11 is 0. The van der Waals surface area contributed by atoms with Crippen LogP contribution in [0, 0.1) is 12.8 Å². The highest BCUT2D eigenvalue weighted by Crippen LogP contribution is 2.34. The van der Waals surface area contributed by atoms with Gasteiger partial charge >= 0.3 is 0 Å². The lowest BCUT2D eigenvalue weighted by atomic mass is 10.00. The van der Waals surface area contributed by atoms with Gasteiger partial charge in [0.15, 0.2) is 11.5 Å². The van der Waals surface area contributed by atoms with Crippen molar-refractivity contribution in [3.8, 4) is 11.5 Å². The third-order valence-corrected chi connectivity index (χ3v) is 4.77. The molecule has 1 amide bonds. The Morgan fingerprint density at radius 2 is 1.92 bits per heavy atom. The van der Waals surface area contributed by atoms with Gasteiger partial charge in [0, 0.05) is 30.5 Å². The molecule has 1 N–H and O–H groups in total. The Morgan fingerprint density at radius 1 is 1.15 bits per heavy atom. The molecule has 2 aromatic rings. The standard InChI is InChI=1S/C19H22N4O3/c1-12-5-7-23(8-6-12)19-20-13(2)9-15(22-19)18(24)21-14-3-4-16-17(10-14)26-11-25-16/h3-4,9-10,12H,5-8,11H2,1-2H3,(H,21,24). The Balaban J connectivity index is 1.52. The lowest BCUT2D eigenvalue weighted by molar-refractivity contribution is 0.102. The van der Waals surface area contributed by atoms with E-state index in [4.69, 9.17) is 9.47 Å². The first kappa shape index (κ1) is 16.6. The van der Waals surface area contributed by atoms with E-state index in [1.807, 2.05) is 6.92 Å². The van der Waals surface area contributed by atoms with Gasteiger partial charge in [0.25, 0.3) is 5.91 Å². The summed E-state index contributed by atoms with van der Waals surface area (Å²) in [5.74, 6) is 2.41. The number of aromatic nitrogens is 2. The molecule has 0 atom stereocenters. The fraction of sp³-hybridized carbons (Fsp3) is 0.421. The SMILES string of the molecule is Cc1cc(C(=O)Nc2ccc3c(c2)OCO3)nc(N2CCC(C)CC2)n1. The molecule has 7 nitrogen and oxygen atoms in total. The lowest BCUT2D eigenvalue weighted by Crippen LogP contribution is -2.34. The summed E-state index contributed by atoms with van der Waals surface area (Å²) in [6.45, 7) is 6.20. The third-order valence-electron chi connectivity index (χ3n) is 4.77. The largest absolute Gasteiger partial charge is 0.454 e. The second-order valence-electron chi connectivity index (χ2n) is 6.89. The van der Waals surface area contributed by atoms with Gasteiger partial charge in [-0.3, -0.25) is 4.79 Å². The normalized spacial score (nSPS) is 16.6. The molecule has 0 aliphatic carbocycles. The number of nitrogens with one attached hydrogen (secondary N) is 1. The number of aryl methyl sites for hydroxylation is 1. The maximum Gasteiger partial charge on any atom is 0.274 e. The summed E-state index contributed by atoms with van der Waals surface area (Å²) in [6, 6.07) is 7.02. The molecule has 0 saturated carbocycles. The quantitative estimate of drug-likeness (QED) is 0.913. The molecule has 1 fully saturated rings. The van der Waals surface area contributed by atoms with Gasteiger partial charge < -0.3 is 19.7 Å². The summed E-state index contributed by atoms with van der Waals surface area (Å²) in [4.78, 5) is 23.8. The molecule has 4 rings (SSSR count). The van der Waals surface area contributed by atoms with Crippen LogP contribution in [0.5, 0.6) is 11.5 Å². The number of hydrogen-bond acceptors (Lipinski definition) is 6. The number of fused-ring (bicyclic) bond motifs is 1. The number of piperidine rings is 1. The van der Waals surface area contributed by atoms with E-state index < -0.39 is 0 Å². The Hall–Kier alpha value is -2.83. The first-order valence-corrected chi connectivity index (χ1v) is 8.90. The molecule has 1 saturated heterocycles. The number of carbonyl (C=O) groups excluding carboxylic acids is 1. The minimum atomic E-state index is -0.263. The van der Waals surface area contributed by atoms with Gasteiger partial charge in [-0.25, -0.2) is 9.97 Å². The number of nitrogens with zero attached hydrogens (tertiary/aromatic N) is 3. The lowest BCUT2D eigenvalue weighted by Gasteiger charge is -2.30. The third kappa shape index (κ3) is 3.42. The summed E-state index contributed by atoms with van der Waals surface area (Å²) < 4.78 is 10.6. The zero-order valence-electron chi connectivity index (χ0n) is 15.0. The van der Waals surface area contributed by atoms with Crippen LogP contribution >= 0.6 is 0 Å². The zero-order chi connectivity index (χ0) is 18.1. The van der Waals surface area contributed by atoms with Crippen molar-refractivity contribution in [3.05, 3.63) is 35.7 Å². The first-order chi connectivity index (χ1) is 12.6.